The third-order valence-corrected chi connectivity index (χ3v) is 3.60. The molecule has 1 aromatic rings. The van der Waals surface area contributed by atoms with Crippen molar-refractivity contribution in [3.05, 3.63) is 28.7 Å². The fourth-order valence-corrected chi connectivity index (χ4v) is 2.77. The summed E-state index contributed by atoms with van der Waals surface area (Å²) < 4.78 is 5.90. The molecular weight excluding hydrogens is 302 g/mol. The van der Waals surface area contributed by atoms with Crippen LogP contribution in [0.4, 0.5) is 0 Å². The van der Waals surface area contributed by atoms with E-state index in [2.05, 4.69) is 15.9 Å². The van der Waals surface area contributed by atoms with E-state index < -0.39 is 6.04 Å². The molecule has 0 aliphatic heterocycles. The van der Waals surface area contributed by atoms with Crippen LogP contribution in [0.5, 0.6) is 0 Å². The Labute approximate surface area is 114 Å². The Morgan fingerprint density at radius 1 is 1.59 bits per heavy atom. The van der Waals surface area contributed by atoms with E-state index in [1.54, 1.807) is 18.7 Å². The summed E-state index contributed by atoms with van der Waals surface area (Å²) in [5, 5.41) is 0. The number of nitrogens with two attached hydrogens (primary N) is 1. The summed E-state index contributed by atoms with van der Waals surface area (Å²) in [5.41, 5.74) is 5.70. The molecule has 0 amide bonds. The molecule has 0 aromatic heterocycles. The van der Waals surface area contributed by atoms with Crippen molar-refractivity contribution >= 4 is 33.7 Å². The van der Waals surface area contributed by atoms with E-state index in [1.165, 1.54) is 0 Å². The van der Waals surface area contributed by atoms with Gasteiger partial charge in [-0.15, -0.1) is 11.8 Å². The average molecular weight is 318 g/mol. The fraction of sp³-hybridized carbons (Fsp3) is 0.417. The lowest BCUT2D eigenvalue weighted by Gasteiger charge is -2.09. The lowest BCUT2D eigenvalue weighted by atomic mass is 10.2. The van der Waals surface area contributed by atoms with E-state index in [9.17, 15) is 4.79 Å². The van der Waals surface area contributed by atoms with Crippen molar-refractivity contribution < 1.29 is 9.53 Å². The highest BCUT2D eigenvalue weighted by Crippen LogP contribution is 2.22. The fourth-order valence-electron chi connectivity index (χ4n) is 1.23. The van der Waals surface area contributed by atoms with Crippen LogP contribution in [0.1, 0.15) is 13.3 Å². The van der Waals surface area contributed by atoms with Crippen LogP contribution in [0.3, 0.4) is 0 Å². The molecule has 0 saturated carbocycles. The molecule has 0 spiro atoms. The largest absolute Gasteiger partial charge is 0.465 e. The molecule has 94 valence electrons. The minimum Gasteiger partial charge on any atom is -0.465 e. The predicted molar refractivity (Wildman–Crippen MR) is 74.1 cm³/mol. The average Bonchev–Trinajstić information content (AvgIpc) is 2.29. The zero-order valence-electron chi connectivity index (χ0n) is 9.69. The Bertz CT molecular complexity index is 373. The van der Waals surface area contributed by atoms with E-state index in [0.29, 0.717) is 13.0 Å². The number of esters is 1. The maximum Gasteiger partial charge on any atom is 0.322 e. The summed E-state index contributed by atoms with van der Waals surface area (Å²) in [5.74, 6) is 0.485. The molecule has 0 bridgehead atoms. The third-order valence-electron chi connectivity index (χ3n) is 2.08. The molecule has 0 radical (unpaired) electrons. The van der Waals surface area contributed by atoms with Crippen molar-refractivity contribution in [2.24, 2.45) is 5.73 Å². The first kappa shape index (κ1) is 14.5. The van der Waals surface area contributed by atoms with Crippen molar-refractivity contribution in [2.75, 3.05) is 12.4 Å². The number of hydrogen-bond donors (Lipinski definition) is 1. The number of rotatable bonds is 6. The Morgan fingerprint density at radius 2 is 2.35 bits per heavy atom. The molecule has 0 saturated heterocycles. The minimum absolute atomic E-state index is 0.317. The highest BCUT2D eigenvalue weighted by Gasteiger charge is 2.13. The Kier molecular flexibility index (Phi) is 6.62. The van der Waals surface area contributed by atoms with Crippen molar-refractivity contribution in [1.29, 1.82) is 0 Å². The third kappa shape index (κ3) is 5.57. The standard InChI is InChI=1S/C12H16BrNO2S/c1-2-16-12(15)11(14)6-7-17-10-5-3-4-9(13)8-10/h3-5,8,11H,2,6-7,14H2,1H3. The molecule has 2 N–H and O–H groups in total. The normalized spacial score (nSPS) is 12.2. The summed E-state index contributed by atoms with van der Waals surface area (Å²) in [6.07, 6.45) is 0.621. The molecule has 1 aromatic carbocycles. The molecule has 0 aliphatic carbocycles. The van der Waals surface area contributed by atoms with Crippen LogP contribution in [-0.4, -0.2) is 24.4 Å². The van der Waals surface area contributed by atoms with Crippen LogP contribution in [0.2, 0.25) is 0 Å². The first-order chi connectivity index (χ1) is 8.13. The number of carbonyl (C=O) groups excluding carboxylic acids is 1. The Hall–Kier alpha value is -0.520. The number of thioether (sulfide) groups is 1. The smallest absolute Gasteiger partial charge is 0.322 e. The maximum absolute atomic E-state index is 11.3. The van der Waals surface area contributed by atoms with Gasteiger partial charge in [-0.3, -0.25) is 4.79 Å². The van der Waals surface area contributed by atoms with Gasteiger partial charge in [-0.2, -0.15) is 0 Å². The molecule has 1 rings (SSSR count). The summed E-state index contributed by atoms with van der Waals surface area (Å²) >= 11 is 5.10. The number of halogens is 1. The van der Waals surface area contributed by atoms with Gasteiger partial charge in [-0.1, -0.05) is 22.0 Å². The van der Waals surface area contributed by atoms with Crippen LogP contribution in [0.15, 0.2) is 33.6 Å². The van der Waals surface area contributed by atoms with Gasteiger partial charge in [-0.05, 0) is 31.5 Å². The summed E-state index contributed by atoms with van der Waals surface area (Å²) in [6, 6.07) is 7.52. The Balaban J connectivity index is 2.30. The maximum atomic E-state index is 11.3. The van der Waals surface area contributed by atoms with Gasteiger partial charge < -0.3 is 10.5 Å². The van der Waals surface area contributed by atoms with E-state index in [4.69, 9.17) is 10.5 Å². The van der Waals surface area contributed by atoms with Crippen molar-refractivity contribution in [3.8, 4) is 0 Å². The van der Waals surface area contributed by atoms with Gasteiger partial charge in [0.25, 0.3) is 0 Å². The summed E-state index contributed by atoms with van der Waals surface area (Å²) in [7, 11) is 0. The minimum atomic E-state index is -0.519. The summed E-state index contributed by atoms with van der Waals surface area (Å²) in [6.45, 7) is 2.16. The zero-order valence-corrected chi connectivity index (χ0v) is 12.1. The molecule has 0 fully saturated rings. The number of hydrogen-bond acceptors (Lipinski definition) is 4. The predicted octanol–water partition coefficient (Wildman–Crippen LogP) is 2.82. The van der Waals surface area contributed by atoms with Crippen LogP contribution in [0, 0.1) is 0 Å². The molecule has 1 unspecified atom stereocenters. The van der Waals surface area contributed by atoms with Crippen LogP contribution in [0.25, 0.3) is 0 Å². The molecule has 17 heavy (non-hydrogen) atoms. The van der Waals surface area contributed by atoms with Gasteiger partial charge in [0, 0.05) is 15.1 Å². The van der Waals surface area contributed by atoms with E-state index in [0.717, 1.165) is 15.1 Å². The van der Waals surface area contributed by atoms with Gasteiger partial charge in [0.2, 0.25) is 0 Å². The number of ether oxygens (including phenoxy) is 1. The summed E-state index contributed by atoms with van der Waals surface area (Å²) in [4.78, 5) is 12.4. The van der Waals surface area contributed by atoms with Gasteiger partial charge in [0.15, 0.2) is 0 Å². The lowest BCUT2D eigenvalue weighted by molar-refractivity contribution is -0.144. The van der Waals surface area contributed by atoms with E-state index in [-0.39, 0.29) is 5.97 Å². The number of carbonyl (C=O) groups is 1. The Morgan fingerprint density at radius 3 is 3.00 bits per heavy atom. The van der Waals surface area contributed by atoms with Crippen molar-refractivity contribution in [1.82, 2.24) is 0 Å². The zero-order chi connectivity index (χ0) is 12.7. The SMILES string of the molecule is CCOC(=O)C(N)CCSc1cccc(Br)c1. The molecule has 3 nitrogen and oxygen atoms in total. The molecule has 0 heterocycles. The van der Waals surface area contributed by atoms with Gasteiger partial charge in [0.1, 0.15) is 6.04 Å². The first-order valence-electron chi connectivity index (χ1n) is 5.44. The first-order valence-corrected chi connectivity index (χ1v) is 7.22. The highest BCUT2D eigenvalue weighted by molar-refractivity contribution is 9.10. The molecule has 0 aliphatic rings. The van der Waals surface area contributed by atoms with Crippen LogP contribution < -0.4 is 5.73 Å². The van der Waals surface area contributed by atoms with Gasteiger partial charge >= 0.3 is 5.97 Å². The van der Waals surface area contributed by atoms with Gasteiger partial charge in [-0.25, -0.2) is 0 Å². The lowest BCUT2D eigenvalue weighted by Crippen LogP contribution is -2.32. The van der Waals surface area contributed by atoms with Gasteiger partial charge in [0.05, 0.1) is 6.61 Å². The quantitative estimate of drug-likeness (QED) is 0.647. The van der Waals surface area contributed by atoms with Crippen LogP contribution in [-0.2, 0) is 9.53 Å². The highest BCUT2D eigenvalue weighted by atomic mass is 79.9. The van der Waals surface area contributed by atoms with Crippen molar-refractivity contribution in [2.45, 2.75) is 24.3 Å². The second kappa shape index (κ2) is 7.74. The number of benzene rings is 1. The molecule has 5 heteroatoms. The molecule has 1 atom stereocenters. The second-order valence-electron chi connectivity index (χ2n) is 3.45. The molecular formula is C12H16BrNO2S. The van der Waals surface area contributed by atoms with Crippen LogP contribution >= 0.6 is 27.7 Å². The monoisotopic (exact) mass is 317 g/mol. The van der Waals surface area contributed by atoms with Crippen molar-refractivity contribution in [3.63, 3.8) is 0 Å². The topological polar surface area (TPSA) is 52.3 Å². The second-order valence-corrected chi connectivity index (χ2v) is 5.54. The van der Waals surface area contributed by atoms with E-state index in [1.807, 2.05) is 24.3 Å². The van der Waals surface area contributed by atoms with E-state index >= 15 is 0 Å².